The fourth-order valence-corrected chi connectivity index (χ4v) is 1.99. The van der Waals surface area contributed by atoms with Crippen LogP contribution in [-0.2, 0) is 16.0 Å². The summed E-state index contributed by atoms with van der Waals surface area (Å²) in [7, 11) is 3.07. The maximum Gasteiger partial charge on any atom is 0.307 e. The van der Waals surface area contributed by atoms with E-state index in [9.17, 15) is 4.79 Å². The zero-order chi connectivity index (χ0) is 14.3. The van der Waals surface area contributed by atoms with Gasteiger partial charge in [0.2, 0.25) is 0 Å². The van der Waals surface area contributed by atoms with Crippen molar-refractivity contribution in [2.75, 3.05) is 14.2 Å². The van der Waals surface area contributed by atoms with Crippen molar-refractivity contribution >= 4 is 5.97 Å². The first-order valence-corrected chi connectivity index (χ1v) is 6.51. The van der Waals surface area contributed by atoms with Crippen molar-refractivity contribution in [1.82, 2.24) is 5.32 Å². The lowest BCUT2D eigenvalue weighted by Gasteiger charge is -2.20. The van der Waals surface area contributed by atoms with Crippen molar-refractivity contribution in [3.63, 3.8) is 0 Å². The van der Waals surface area contributed by atoms with Gasteiger partial charge in [-0.15, -0.1) is 0 Å². The van der Waals surface area contributed by atoms with Gasteiger partial charge in [-0.1, -0.05) is 26.0 Å². The highest BCUT2D eigenvalue weighted by Crippen LogP contribution is 2.14. The lowest BCUT2D eigenvalue weighted by atomic mass is 10.0. The maximum absolute atomic E-state index is 11.4. The summed E-state index contributed by atoms with van der Waals surface area (Å²) in [6.45, 7) is 4.14. The van der Waals surface area contributed by atoms with Gasteiger partial charge in [-0.05, 0) is 24.1 Å². The van der Waals surface area contributed by atoms with Crippen molar-refractivity contribution < 1.29 is 14.3 Å². The Morgan fingerprint density at radius 1 is 1.21 bits per heavy atom. The van der Waals surface area contributed by atoms with E-state index in [4.69, 9.17) is 9.47 Å². The molecule has 1 unspecified atom stereocenters. The molecule has 0 spiro atoms. The Labute approximate surface area is 115 Å². The average molecular weight is 265 g/mol. The SMILES string of the molecule is COC(=O)CC(Cc1ccc(OC)cc1)NC(C)C. The Kier molecular flexibility index (Phi) is 6.36. The molecule has 4 heteroatoms. The molecule has 0 saturated heterocycles. The van der Waals surface area contributed by atoms with Gasteiger partial charge in [0.15, 0.2) is 0 Å². The molecule has 0 aliphatic heterocycles. The summed E-state index contributed by atoms with van der Waals surface area (Å²) in [6, 6.07) is 8.31. The second kappa shape index (κ2) is 7.79. The van der Waals surface area contributed by atoms with Crippen molar-refractivity contribution in [2.24, 2.45) is 0 Å². The molecule has 1 rings (SSSR count). The molecule has 0 bridgehead atoms. The molecular formula is C15H23NO3. The van der Waals surface area contributed by atoms with E-state index >= 15 is 0 Å². The number of benzene rings is 1. The molecule has 0 fully saturated rings. The normalized spacial score (nSPS) is 12.3. The van der Waals surface area contributed by atoms with E-state index < -0.39 is 0 Å². The summed E-state index contributed by atoms with van der Waals surface area (Å²) in [5, 5.41) is 3.39. The highest BCUT2D eigenvalue weighted by atomic mass is 16.5. The molecular weight excluding hydrogens is 242 g/mol. The standard InChI is InChI=1S/C15H23NO3/c1-11(2)16-13(10-15(17)19-4)9-12-5-7-14(18-3)8-6-12/h5-8,11,13,16H,9-10H2,1-4H3. The minimum atomic E-state index is -0.188. The maximum atomic E-state index is 11.4. The number of hydrogen-bond donors (Lipinski definition) is 1. The Balaban J connectivity index is 2.66. The van der Waals surface area contributed by atoms with Crippen LogP contribution in [0.2, 0.25) is 0 Å². The number of carbonyl (C=O) groups excluding carboxylic acids is 1. The molecule has 1 N–H and O–H groups in total. The molecule has 1 atom stereocenters. The highest BCUT2D eigenvalue weighted by Gasteiger charge is 2.15. The van der Waals surface area contributed by atoms with Crippen LogP contribution < -0.4 is 10.1 Å². The number of methoxy groups -OCH3 is 2. The van der Waals surface area contributed by atoms with E-state index in [0.29, 0.717) is 12.5 Å². The number of carbonyl (C=O) groups is 1. The molecule has 4 nitrogen and oxygen atoms in total. The molecule has 0 heterocycles. The van der Waals surface area contributed by atoms with Crippen molar-refractivity contribution in [1.29, 1.82) is 0 Å². The number of esters is 1. The van der Waals surface area contributed by atoms with Gasteiger partial charge in [0, 0.05) is 12.1 Å². The van der Waals surface area contributed by atoms with Gasteiger partial charge in [0.05, 0.1) is 20.6 Å². The van der Waals surface area contributed by atoms with Gasteiger partial charge >= 0.3 is 5.97 Å². The number of ether oxygens (including phenoxy) is 2. The second-order valence-electron chi connectivity index (χ2n) is 4.85. The van der Waals surface area contributed by atoms with Crippen molar-refractivity contribution in [2.45, 2.75) is 38.8 Å². The van der Waals surface area contributed by atoms with Crippen molar-refractivity contribution in [3.05, 3.63) is 29.8 Å². The molecule has 1 aromatic carbocycles. The summed E-state index contributed by atoms with van der Waals surface area (Å²) in [6.07, 6.45) is 1.16. The van der Waals surface area contributed by atoms with Gasteiger partial charge in [-0.3, -0.25) is 4.79 Å². The van der Waals surface area contributed by atoms with Crippen LogP contribution in [-0.4, -0.2) is 32.3 Å². The third-order valence-corrected chi connectivity index (χ3v) is 2.85. The van der Waals surface area contributed by atoms with Gasteiger partial charge in [0.25, 0.3) is 0 Å². The first-order valence-electron chi connectivity index (χ1n) is 6.51. The second-order valence-corrected chi connectivity index (χ2v) is 4.85. The summed E-state index contributed by atoms with van der Waals surface area (Å²) in [5.41, 5.74) is 1.17. The smallest absolute Gasteiger partial charge is 0.307 e. The van der Waals surface area contributed by atoms with Crippen LogP contribution in [0.1, 0.15) is 25.8 Å². The molecule has 0 aliphatic rings. The number of nitrogens with one attached hydrogen (secondary N) is 1. The fourth-order valence-electron chi connectivity index (χ4n) is 1.99. The Hall–Kier alpha value is -1.55. The Morgan fingerprint density at radius 3 is 2.32 bits per heavy atom. The molecule has 1 aromatic rings. The van der Waals surface area contributed by atoms with Gasteiger partial charge in [0.1, 0.15) is 5.75 Å². The molecule has 106 valence electrons. The summed E-state index contributed by atoms with van der Waals surface area (Å²) < 4.78 is 9.87. The Bertz CT molecular complexity index is 387. The van der Waals surface area contributed by atoms with E-state index in [-0.39, 0.29) is 12.0 Å². The van der Waals surface area contributed by atoms with Crippen LogP contribution in [0.15, 0.2) is 24.3 Å². The zero-order valence-electron chi connectivity index (χ0n) is 12.1. The number of hydrogen-bond acceptors (Lipinski definition) is 4. The lowest BCUT2D eigenvalue weighted by Crippen LogP contribution is -2.38. The quantitative estimate of drug-likeness (QED) is 0.768. The molecule has 0 amide bonds. The Morgan fingerprint density at radius 2 is 1.84 bits per heavy atom. The van der Waals surface area contributed by atoms with E-state index in [1.165, 1.54) is 12.7 Å². The lowest BCUT2D eigenvalue weighted by molar-refractivity contribution is -0.141. The first kappa shape index (κ1) is 15.5. The largest absolute Gasteiger partial charge is 0.497 e. The monoisotopic (exact) mass is 265 g/mol. The molecule has 0 radical (unpaired) electrons. The van der Waals surface area contributed by atoms with E-state index in [0.717, 1.165) is 12.2 Å². The predicted molar refractivity (Wildman–Crippen MR) is 75.4 cm³/mol. The van der Waals surface area contributed by atoms with Crippen LogP contribution >= 0.6 is 0 Å². The van der Waals surface area contributed by atoms with E-state index in [2.05, 4.69) is 19.2 Å². The average Bonchev–Trinajstić information content (AvgIpc) is 2.38. The molecule has 0 aliphatic carbocycles. The third-order valence-electron chi connectivity index (χ3n) is 2.85. The third kappa shape index (κ3) is 5.75. The summed E-state index contributed by atoms with van der Waals surface area (Å²) in [4.78, 5) is 11.4. The van der Waals surface area contributed by atoms with Gasteiger partial charge < -0.3 is 14.8 Å². The van der Waals surface area contributed by atoms with Crippen LogP contribution in [0, 0.1) is 0 Å². The summed E-state index contributed by atoms with van der Waals surface area (Å²) >= 11 is 0. The van der Waals surface area contributed by atoms with Crippen LogP contribution in [0.3, 0.4) is 0 Å². The predicted octanol–water partition coefficient (Wildman–Crippen LogP) is 2.17. The zero-order valence-corrected chi connectivity index (χ0v) is 12.1. The topological polar surface area (TPSA) is 47.6 Å². The van der Waals surface area contributed by atoms with Crippen LogP contribution in [0.4, 0.5) is 0 Å². The van der Waals surface area contributed by atoms with Gasteiger partial charge in [-0.2, -0.15) is 0 Å². The minimum absolute atomic E-state index is 0.0841. The van der Waals surface area contributed by atoms with Gasteiger partial charge in [-0.25, -0.2) is 0 Å². The first-order chi connectivity index (χ1) is 9.05. The van der Waals surface area contributed by atoms with Crippen molar-refractivity contribution in [3.8, 4) is 5.75 Å². The van der Waals surface area contributed by atoms with Crippen LogP contribution in [0.25, 0.3) is 0 Å². The molecule has 0 aromatic heterocycles. The molecule has 0 saturated carbocycles. The van der Waals surface area contributed by atoms with E-state index in [1.54, 1.807) is 7.11 Å². The highest BCUT2D eigenvalue weighted by molar-refractivity contribution is 5.70. The minimum Gasteiger partial charge on any atom is -0.497 e. The van der Waals surface area contributed by atoms with Crippen LogP contribution in [0.5, 0.6) is 5.75 Å². The molecule has 19 heavy (non-hydrogen) atoms. The number of rotatable bonds is 7. The van der Waals surface area contributed by atoms with E-state index in [1.807, 2.05) is 24.3 Å². The fraction of sp³-hybridized carbons (Fsp3) is 0.533. The summed E-state index contributed by atoms with van der Waals surface area (Å²) in [5.74, 6) is 0.650.